The Morgan fingerprint density at radius 1 is 1.37 bits per heavy atom. The molecule has 1 saturated carbocycles. The summed E-state index contributed by atoms with van der Waals surface area (Å²) in [7, 11) is 0. The van der Waals surface area contributed by atoms with Gasteiger partial charge in [-0.05, 0) is 53.6 Å². The third-order valence-electron chi connectivity index (χ3n) is 5.02. The van der Waals surface area contributed by atoms with Gasteiger partial charge in [-0.3, -0.25) is 9.78 Å². The van der Waals surface area contributed by atoms with Crippen molar-refractivity contribution in [3.05, 3.63) is 48.4 Å². The summed E-state index contributed by atoms with van der Waals surface area (Å²) >= 11 is 0. The molecule has 3 N–H and O–H groups in total. The smallest absolute Gasteiger partial charge is 0.230 e. The molecule has 0 spiro atoms. The van der Waals surface area contributed by atoms with E-state index in [1.807, 2.05) is 30.5 Å². The highest BCUT2D eigenvalue weighted by atomic mass is 16.2. The number of nitrogen functional groups attached to an aromatic ring is 1. The third-order valence-corrected chi connectivity index (χ3v) is 5.02. The number of aromatic nitrogens is 2. The first-order chi connectivity index (χ1) is 13.1. The van der Waals surface area contributed by atoms with E-state index in [2.05, 4.69) is 28.3 Å². The maximum atomic E-state index is 12.2. The van der Waals surface area contributed by atoms with Crippen LogP contribution in [0.5, 0.6) is 0 Å². The lowest BCUT2D eigenvalue weighted by atomic mass is 9.97. The fraction of sp³-hybridized carbons (Fsp3) is 0.238. The molecule has 4 rings (SSSR count). The Balaban J connectivity index is 1.70. The summed E-state index contributed by atoms with van der Waals surface area (Å²) < 4.78 is 0. The van der Waals surface area contributed by atoms with Gasteiger partial charge in [-0.1, -0.05) is 6.92 Å². The van der Waals surface area contributed by atoms with Gasteiger partial charge in [-0.25, -0.2) is 4.98 Å². The number of nitrogens with one attached hydrogen (secondary N) is 1. The van der Waals surface area contributed by atoms with Crippen molar-refractivity contribution in [2.75, 3.05) is 11.1 Å². The molecular formula is C21H19N5O. The number of hydrogen-bond donors (Lipinski definition) is 2. The molecule has 2 atom stereocenters. The third kappa shape index (κ3) is 3.20. The van der Waals surface area contributed by atoms with Gasteiger partial charge in [-0.15, -0.1) is 0 Å². The lowest BCUT2D eigenvalue weighted by molar-refractivity contribution is -0.117. The summed E-state index contributed by atoms with van der Waals surface area (Å²) in [6.45, 7) is 2.10. The van der Waals surface area contributed by atoms with Gasteiger partial charge in [0.15, 0.2) is 0 Å². The van der Waals surface area contributed by atoms with Crippen molar-refractivity contribution in [1.29, 1.82) is 5.26 Å². The Hall–Kier alpha value is -3.46. The molecule has 1 aliphatic rings. The van der Waals surface area contributed by atoms with Crippen LogP contribution in [-0.2, 0) is 11.2 Å². The lowest BCUT2D eigenvalue weighted by Crippen LogP contribution is -2.15. The number of carbonyl (C=O) groups is 1. The second kappa shape index (κ2) is 6.69. The highest BCUT2D eigenvalue weighted by molar-refractivity contribution is 6.00. The van der Waals surface area contributed by atoms with Gasteiger partial charge in [0.25, 0.3) is 0 Å². The molecule has 1 amide bonds. The van der Waals surface area contributed by atoms with E-state index < -0.39 is 0 Å². The number of benzene rings is 1. The van der Waals surface area contributed by atoms with Gasteiger partial charge in [0, 0.05) is 35.2 Å². The molecule has 0 unspecified atom stereocenters. The maximum Gasteiger partial charge on any atom is 0.230 e. The van der Waals surface area contributed by atoms with Crippen LogP contribution in [-0.4, -0.2) is 15.9 Å². The van der Waals surface area contributed by atoms with E-state index in [4.69, 9.17) is 11.0 Å². The van der Waals surface area contributed by atoms with Crippen molar-refractivity contribution in [2.45, 2.75) is 19.8 Å². The molecule has 2 aromatic heterocycles. The monoisotopic (exact) mass is 357 g/mol. The van der Waals surface area contributed by atoms with E-state index in [1.165, 1.54) is 5.56 Å². The largest absolute Gasteiger partial charge is 0.398 e. The molecular weight excluding hydrogens is 338 g/mol. The summed E-state index contributed by atoms with van der Waals surface area (Å²) in [4.78, 5) is 20.7. The summed E-state index contributed by atoms with van der Waals surface area (Å²) in [5.41, 5.74) is 10.1. The summed E-state index contributed by atoms with van der Waals surface area (Å²) in [6.07, 6.45) is 6.82. The van der Waals surface area contributed by atoms with E-state index in [1.54, 1.807) is 12.4 Å². The van der Waals surface area contributed by atoms with Crippen LogP contribution in [0.4, 0.5) is 11.5 Å². The van der Waals surface area contributed by atoms with Gasteiger partial charge >= 0.3 is 0 Å². The first-order valence-corrected chi connectivity index (χ1v) is 8.93. The minimum Gasteiger partial charge on any atom is -0.398 e. The highest BCUT2D eigenvalue weighted by Gasteiger charge is 2.43. The van der Waals surface area contributed by atoms with Crippen molar-refractivity contribution >= 4 is 28.2 Å². The van der Waals surface area contributed by atoms with Crippen molar-refractivity contribution in [1.82, 2.24) is 9.97 Å². The number of hydrogen-bond acceptors (Lipinski definition) is 5. The average molecular weight is 357 g/mol. The average Bonchev–Trinajstić information content (AvgIpc) is 3.47. The first-order valence-electron chi connectivity index (χ1n) is 8.93. The van der Waals surface area contributed by atoms with E-state index in [0.29, 0.717) is 17.9 Å². The number of anilines is 2. The van der Waals surface area contributed by atoms with Gasteiger partial charge in [0.1, 0.15) is 5.82 Å². The summed E-state index contributed by atoms with van der Waals surface area (Å²) in [5, 5.41) is 13.4. The summed E-state index contributed by atoms with van der Waals surface area (Å²) in [5.74, 6) is -0.0928. The van der Waals surface area contributed by atoms with Crippen LogP contribution >= 0.6 is 0 Å². The van der Waals surface area contributed by atoms with Crippen LogP contribution in [0.2, 0.25) is 0 Å². The fourth-order valence-electron chi connectivity index (χ4n) is 3.35. The zero-order valence-electron chi connectivity index (χ0n) is 14.9. The van der Waals surface area contributed by atoms with E-state index in [0.717, 1.165) is 28.3 Å². The Morgan fingerprint density at radius 2 is 2.22 bits per heavy atom. The fourth-order valence-corrected chi connectivity index (χ4v) is 3.35. The van der Waals surface area contributed by atoms with E-state index in [-0.39, 0.29) is 17.7 Å². The predicted molar refractivity (Wildman–Crippen MR) is 105 cm³/mol. The molecule has 27 heavy (non-hydrogen) atoms. The minimum absolute atomic E-state index is 0.155. The highest BCUT2D eigenvalue weighted by Crippen LogP contribution is 2.38. The molecule has 0 radical (unpaired) electrons. The van der Waals surface area contributed by atoms with Crippen molar-refractivity contribution in [3.63, 3.8) is 0 Å². The molecule has 0 saturated heterocycles. The number of amides is 1. The quantitative estimate of drug-likeness (QED) is 0.695. The predicted octanol–water partition coefficient (Wildman–Crippen LogP) is 3.54. The van der Waals surface area contributed by atoms with Gasteiger partial charge in [0.05, 0.1) is 17.9 Å². The number of rotatable bonds is 4. The zero-order chi connectivity index (χ0) is 19.0. The molecule has 134 valence electrons. The second-order valence-electron chi connectivity index (χ2n) is 6.81. The number of carbonyl (C=O) groups excluding carboxylic acids is 1. The SMILES string of the molecule is CCc1ccncc1-c1cc(N)c2cnc(NC(=O)[C@@H]3C[C@@H]3C#N)cc2c1. The van der Waals surface area contributed by atoms with Crippen LogP contribution in [0.3, 0.4) is 0 Å². The van der Waals surface area contributed by atoms with E-state index >= 15 is 0 Å². The molecule has 0 bridgehead atoms. The van der Waals surface area contributed by atoms with Crippen molar-refractivity contribution in [3.8, 4) is 17.2 Å². The first kappa shape index (κ1) is 17.0. The molecule has 1 fully saturated rings. The zero-order valence-corrected chi connectivity index (χ0v) is 14.9. The van der Waals surface area contributed by atoms with Crippen LogP contribution < -0.4 is 11.1 Å². The Kier molecular flexibility index (Phi) is 4.21. The second-order valence-corrected chi connectivity index (χ2v) is 6.81. The molecule has 6 heteroatoms. The Bertz CT molecular complexity index is 1090. The van der Waals surface area contributed by atoms with Crippen LogP contribution in [0.25, 0.3) is 21.9 Å². The molecule has 2 heterocycles. The van der Waals surface area contributed by atoms with Gasteiger partial charge in [-0.2, -0.15) is 5.26 Å². The number of pyridine rings is 2. The number of nitriles is 1. The molecule has 1 aromatic carbocycles. The van der Waals surface area contributed by atoms with E-state index in [9.17, 15) is 4.79 Å². The topological polar surface area (TPSA) is 105 Å². The number of fused-ring (bicyclic) bond motifs is 1. The Labute approximate surface area is 157 Å². The number of aryl methyl sites for hydroxylation is 1. The van der Waals surface area contributed by atoms with Crippen LogP contribution in [0.15, 0.2) is 42.9 Å². The molecule has 0 aliphatic heterocycles. The van der Waals surface area contributed by atoms with Crippen molar-refractivity contribution < 1.29 is 4.79 Å². The molecule has 6 nitrogen and oxygen atoms in total. The van der Waals surface area contributed by atoms with Crippen molar-refractivity contribution in [2.24, 2.45) is 11.8 Å². The van der Waals surface area contributed by atoms with Gasteiger partial charge < -0.3 is 11.1 Å². The maximum absolute atomic E-state index is 12.2. The summed E-state index contributed by atoms with van der Waals surface area (Å²) in [6, 6.07) is 9.92. The normalized spacial score (nSPS) is 18.1. The van der Waals surface area contributed by atoms with Crippen LogP contribution in [0, 0.1) is 23.2 Å². The Morgan fingerprint density at radius 3 is 2.96 bits per heavy atom. The number of nitrogens with zero attached hydrogens (tertiary/aromatic N) is 3. The lowest BCUT2D eigenvalue weighted by Gasteiger charge is -2.11. The van der Waals surface area contributed by atoms with Gasteiger partial charge in [0.2, 0.25) is 5.91 Å². The molecule has 3 aromatic rings. The standard InChI is InChI=1S/C21H19N5O/c1-2-12-3-4-24-10-17(12)13-5-14-8-20(25-11-18(14)19(23)7-13)26-21(27)16-6-15(16)9-22/h3-5,7-8,10-11,15-16H,2,6,23H2,1H3,(H,25,26,27)/t15-,16-/m1/s1. The number of nitrogens with two attached hydrogens (primary N) is 1. The minimum atomic E-state index is -0.230. The molecule has 1 aliphatic carbocycles. The van der Waals surface area contributed by atoms with Crippen LogP contribution in [0.1, 0.15) is 18.9 Å².